The summed E-state index contributed by atoms with van der Waals surface area (Å²) in [5.74, 6) is -2.05. The van der Waals surface area contributed by atoms with Gasteiger partial charge in [-0.05, 0) is 30.2 Å². The van der Waals surface area contributed by atoms with Crippen LogP contribution in [0.4, 0.5) is 4.39 Å². The number of primary amides is 1. The normalized spacial score (nSPS) is 12.8. The molecule has 1 atom stereocenters. The molecule has 1 aromatic carbocycles. The van der Waals surface area contributed by atoms with Crippen LogP contribution >= 0.6 is 0 Å². The molecule has 0 radical (unpaired) electrons. The lowest BCUT2D eigenvalue weighted by molar-refractivity contribution is 0.0998. The predicted molar refractivity (Wildman–Crippen MR) is 90.4 cm³/mol. The smallest absolute Gasteiger partial charge is 0.250 e. The van der Waals surface area contributed by atoms with E-state index in [2.05, 4.69) is 4.98 Å². The van der Waals surface area contributed by atoms with E-state index in [4.69, 9.17) is 5.73 Å². The van der Waals surface area contributed by atoms with E-state index in [9.17, 15) is 22.7 Å². The maximum atomic E-state index is 13.4. The van der Waals surface area contributed by atoms with Gasteiger partial charge in [0.05, 0.1) is 28.1 Å². The summed E-state index contributed by atoms with van der Waals surface area (Å²) in [4.78, 5) is 15.8. The monoisotopic (exact) mass is 366 g/mol. The van der Waals surface area contributed by atoms with Gasteiger partial charge in [-0.2, -0.15) is 0 Å². The summed E-state index contributed by atoms with van der Waals surface area (Å²) in [6.45, 7) is 1.36. The van der Waals surface area contributed by atoms with Gasteiger partial charge in [0.15, 0.2) is 9.84 Å². The molecule has 0 saturated heterocycles. The molecule has 0 spiro atoms. The Bertz CT molecular complexity index is 867. The Morgan fingerprint density at radius 3 is 2.48 bits per heavy atom. The second kappa shape index (κ2) is 7.71. The number of halogens is 1. The van der Waals surface area contributed by atoms with Crippen molar-refractivity contribution < 1.29 is 22.7 Å². The summed E-state index contributed by atoms with van der Waals surface area (Å²) >= 11 is 0. The molecule has 0 aliphatic rings. The van der Waals surface area contributed by atoms with Gasteiger partial charge in [-0.15, -0.1) is 0 Å². The molecule has 0 bridgehead atoms. The van der Waals surface area contributed by atoms with E-state index in [1.54, 1.807) is 19.1 Å². The van der Waals surface area contributed by atoms with Crippen LogP contribution < -0.4 is 5.73 Å². The molecule has 1 heterocycles. The number of hydrogen-bond acceptors (Lipinski definition) is 5. The Labute approximate surface area is 145 Å². The highest BCUT2D eigenvalue weighted by atomic mass is 32.2. The number of aliphatic hydroxyl groups excluding tert-OH is 1. The first-order chi connectivity index (χ1) is 11.8. The van der Waals surface area contributed by atoms with Gasteiger partial charge in [-0.1, -0.05) is 19.1 Å². The van der Waals surface area contributed by atoms with Gasteiger partial charge in [0, 0.05) is 12.5 Å². The quantitative estimate of drug-likeness (QED) is 0.774. The second-order valence-electron chi connectivity index (χ2n) is 5.49. The van der Waals surface area contributed by atoms with Crippen molar-refractivity contribution in [2.75, 3.05) is 12.4 Å². The topological polar surface area (TPSA) is 110 Å². The van der Waals surface area contributed by atoms with Crippen molar-refractivity contribution in [1.29, 1.82) is 0 Å². The summed E-state index contributed by atoms with van der Waals surface area (Å²) in [5.41, 5.74) is 6.13. The van der Waals surface area contributed by atoms with Crippen LogP contribution in [-0.2, 0) is 9.84 Å². The van der Waals surface area contributed by atoms with Crippen molar-refractivity contribution in [3.05, 3.63) is 59.2 Å². The Hall–Kier alpha value is -2.32. The summed E-state index contributed by atoms with van der Waals surface area (Å²) < 4.78 is 37.2. The minimum Gasteiger partial charge on any atom is -0.396 e. The van der Waals surface area contributed by atoms with Crippen molar-refractivity contribution in [3.8, 4) is 0 Å². The summed E-state index contributed by atoms with van der Waals surface area (Å²) in [5, 5.41) is 9.35. The number of hydrogen-bond donors (Lipinski definition) is 2. The zero-order valence-electron chi connectivity index (χ0n) is 13.6. The number of nitrogens with zero attached hydrogens (tertiary/aromatic N) is 1. The first kappa shape index (κ1) is 19.0. The molecule has 6 nitrogen and oxygen atoms in total. The highest BCUT2D eigenvalue weighted by Crippen LogP contribution is 2.30. The number of nitrogens with two attached hydrogens (primary N) is 1. The number of benzene rings is 1. The first-order valence-electron chi connectivity index (χ1n) is 7.69. The molecule has 0 aliphatic heterocycles. The Kier molecular flexibility index (Phi) is 5.86. The molecule has 25 heavy (non-hydrogen) atoms. The van der Waals surface area contributed by atoms with Crippen LogP contribution in [0.1, 0.15) is 40.9 Å². The van der Waals surface area contributed by atoms with E-state index in [1.165, 1.54) is 12.1 Å². The fourth-order valence-corrected chi connectivity index (χ4v) is 3.47. The van der Waals surface area contributed by atoms with E-state index < -0.39 is 27.5 Å². The van der Waals surface area contributed by atoms with Crippen molar-refractivity contribution in [3.63, 3.8) is 0 Å². The molecule has 2 rings (SSSR count). The lowest BCUT2D eigenvalue weighted by Crippen LogP contribution is -2.18. The molecule has 8 heteroatoms. The molecule has 0 unspecified atom stereocenters. The maximum Gasteiger partial charge on any atom is 0.250 e. The number of aliphatic hydroxyl groups is 1. The Balaban J connectivity index is 2.51. The summed E-state index contributed by atoms with van der Waals surface area (Å²) in [6, 6.07) is 7.13. The highest BCUT2D eigenvalue weighted by Gasteiger charge is 2.22. The summed E-state index contributed by atoms with van der Waals surface area (Å²) in [6.07, 6.45) is 1.20. The van der Waals surface area contributed by atoms with Gasteiger partial charge in [-0.25, -0.2) is 12.8 Å². The van der Waals surface area contributed by atoms with Gasteiger partial charge >= 0.3 is 0 Å². The number of sulfone groups is 1. The molecular formula is C17H19FN2O4S. The molecular weight excluding hydrogens is 347 g/mol. The van der Waals surface area contributed by atoms with Gasteiger partial charge in [0.2, 0.25) is 0 Å². The molecule has 0 aliphatic carbocycles. The van der Waals surface area contributed by atoms with Crippen LogP contribution in [0.15, 0.2) is 41.4 Å². The first-order valence-corrected chi connectivity index (χ1v) is 9.34. The molecule has 0 saturated carbocycles. The van der Waals surface area contributed by atoms with Crippen LogP contribution in [0.2, 0.25) is 0 Å². The van der Waals surface area contributed by atoms with Gasteiger partial charge in [0.25, 0.3) is 5.91 Å². The van der Waals surface area contributed by atoms with E-state index >= 15 is 0 Å². The molecule has 1 aromatic heterocycles. The number of carbonyl (C=O) groups excluding carboxylic acids is 1. The minimum atomic E-state index is -3.33. The van der Waals surface area contributed by atoms with Crippen molar-refractivity contribution >= 4 is 15.7 Å². The number of pyridine rings is 1. The van der Waals surface area contributed by atoms with Crippen LogP contribution in [0, 0.1) is 5.82 Å². The molecule has 1 amide bonds. The van der Waals surface area contributed by atoms with E-state index in [0.29, 0.717) is 5.56 Å². The number of rotatable bonds is 7. The van der Waals surface area contributed by atoms with Gasteiger partial charge in [0.1, 0.15) is 5.82 Å². The fraction of sp³-hybridized carbons (Fsp3) is 0.294. The average molecular weight is 366 g/mol. The molecule has 2 aromatic rings. The van der Waals surface area contributed by atoms with E-state index in [-0.39, 0.29) is 34.9 Å². The number of aromatic nitrogens is 1. The predicted octanol–water partition coefficient (Wildman–Crippen LogP) is 1.63. The zero-order valence-corrected chi connectivity index (χ0v) is 14.5. The van der Waals surface area contributed by atoms with Crippen LogP contribution in [-0.4, -0.2) is 36.8 Å². The lowest BCUT2D eigenvalue weighted by atomic mass is 9.89. The second-order valence-corrected chi connectivity index (χ2v) is 7.77. The average Bonchev–Trinajstić information content (AvgIpc) is 2.60. The van der Waals surface area contributed by atoms with Gasteiger partial charge < -0.3 is 10.8 Å². The van der Waals surface area contributed by atoms with E-state index in [0.717, 1.165) is 12.3 Å². The number of amides is 1. The molecule has 134 valence electrons. The lowest BCUT2D eigenvalue weighted by Gasteiger charge is -2.18. The third-order valence-electron chi connectivity index (χ3n) is 3.92. The third kappa shape index (κ3) is 4.21. The van der Waals surface area contributed by atoms with Crippen molar-refractivity contribution in [2.45, 2.75) is 24.2 Å². The van der Waals surface area contributed by atoms with Crippen molar-refractivity contribution in [1.82, 2.24) is 4.98 Å². The summed E-state index contributed by atoms with van der Waals surface area (Å²) in [7, 11) is -3.33. The molecule has 3 N–H and O–H groups in total. The van der Waals surface area contributed by atoms with Gasteiger partial charge in [-0.3, -0.25) is 9.78 Å². The van der Waals surface area contributed by atoms with Crippen molar-refractivity contribution in [2.24, 2.45) is 5.73 Å². The fourth-order valence-electron chi connectivity index (χ4n) is 2.59. The van der Waals surface area contributed by atoms with E-state index in [1.807, 2.05) is 0 Å². The maximum absolute atomic E-state index is 13.4. The Morgan fingerprint density at radius 2 is 1.96 bits per heavy atom. The number of carbonyl (C=O) groups is 1. The largest absolute Gasteiger partial charge is 0.396 e. The SMILES string of the molecule is CCS(=O)(=O)c1ccc([C@H](CCO)c2ncc(F)cc2C(N)=O)cc1. The minimum absolute atomic E-state index is 0.0161. The molecule has 0 fully saturated rings. The van der Waals surface area contributed by atoms with Crippen LogP contribution in [0.5, 0.6) is 0 Å². The van der Waals surface area contributed by atoms with Crippen LogP contribution in [0.25, 0.3) is 0 Å². The zero-order chi connectivity index (χ0) is 18.6. The standard InChI is InChI=1S/C17H19FN2O4S/c1-2-25(23,24)13-5-3-11(4-6-13)14(7-8-21)16-15(17(19)22)9-12(18)10-20-16/h3-6,9-10,14,21H,2,7-8H2,1H3,(H2,19,22)/t14-/m0/s1. The van der Waals surface area contributed by atoms with Crippen LogP contribution in [0.3, 0.4) is 0 Å². The third-order valence-corrected chi connectivity index (χ3v) is 5.67. The highest BCUT2D eigenvalue weighted by molar-refractivity contribution is 7.91. The Morgan fingerprint density at radius 1 is 1.32 bits per heavy atom.